The number of carboxylic acid groups (broad SMARTS) is 2. The topological polar surface area (TPSA) is 261 Å². The van der Waals surface area contributed by atoms with Crippen molar-refractivity contribution in [2.24, 2.45) is 11.5 Å². The molecular formula is C26H32N8O8. The zero-order valence-electron chi connectivity index (χ0n) is 22.7. The fraction of sp³-hybridized carbons (Fsp3) is 0.423. The number of fused-ring (bicyclic) bond motifs is 1. The standard InChI is InChI=1S/C26H32N8O8/c1-13(35)25(27,24(40)41)10-17(23(38)39)32-21(36)14-5-7-15(8-6-14)29-11-16-12-30-20-19(31-16)22(37)34-26(28,33-20)18-4-2-3-9-42-18/h5-8,12,17-18,29H,2-4,9-11,27-28H2,1H3,(H,30,33)(H,32,36)(H,34,37)(H,38,39)(H,40,41). The molecule has 4 atom stereocenters. The van der Waals surface area contributed by atoms with Gasteiger partial charge in [-0.1, -0.05) is 0 Å². The van der Waals surface area contributed by atoms with E-state index in [9.17, 15) is 34.2 Å². The zero-order valence-corrected chi connectivity index (χ0v) is 22.7. The van der Waals surface area contributed by atoms with E-state index in [1.165, 1.54) is 18.3 Å². The predicted molar refractivity (Wildman–Crippen MR) is 146 cm³/mol. The second kappa shape index (κ2) is 12.1. The Bertz CT molecular complexity index is 1380. The molecule has 0 spiro atoms. The van der Waals surface area contributed by atoms with E-state index in [1.54, 1.807) is 12.1 Å². The number of ether oxygens (including phenoxy) is 1. The number of carbonyl (C=O) groups excluding carboxylic acids is 3. The molecule has 16 heteroatoms. The first kappa shape index (κ1) is 30.3. The molecule has 0 aliphatic carbocycles. The van der Waals surface area contributed by atoms with Crippen molar-refractivity contribution in [1.82, 2.24) is 20.6 Å². The Kier molecular flexibility index (Phi) is 8.70. The minimum absolute atomic E-state index is 0.0797. The van der Waals surface area contributed by atoms with Crippen LogP contribution in [0.5, 0.6) is 0 Å². The minimum atomic E-state index is -2.47. The van der Waals surface area contributed by atoms with Crippen molar-refractivity contribution < 1.29 is 38.9 Å². The van der Waals surface area contributed by atoms with Crippen LogP contribution in [0.15, 0.2) is 30.5 Å². The molecular weight excluding hydrogens is 552 g/mol. The maximum Gasteiger partial charge on any atom is 0.331 e. The average Bonchev–Trinajstić information content (AvgIpc) is 2.96. The number of Topliss-reactive ketones (excluding diaryl/α,β-unsaturated/α-hetero) is 1. The van der Waals surface area contributed by atoms with Gasteiger partial charge in [-0.25, -0.2) is 19.6 Å². The van der Waals surface area contributed by atoms with Gasteiger partial charge < -0.3 is 42.0 Å². The van der Waals surface area contributed by atoms with Gasteiger partial charge in [0.2, 0.25) is 0 Å². The molecule has 2 amide bonds. The number of amides is 2. The fourth-order valence-electron chi connectivity index (χ4n) is 4.57. The first-order valence-corrected chi connectivity index (χ1v) is 13.1. The molecule has 0 saturated carbocycles. The molecule has 10 N–H and O–H groups in total. The van der Waals surface area contributed by atoms with Gasteiger partial charge in [0.15, 0.2) is 28.6 Å². The molecule has 4 unspecified atom stereocenters. The van der Waals surface area contributed by atoms with Crippen LogP contribution in [0.4, 0.5) is 11.5 Å². The van der Waals surface area contributed by atoms with Crippen LogP contribution in [-0.4, -0.2) is 79.8 Å². The maximum atomic E-state index is 12.8. The zero-order chi connectivity index (χ0) is 30.7. The van der Waals surface area contributed by atoms with E-state index in [-0.39, 0.29) is 23.6 Å². The molecule has 2 aliphatic heterocycles. The van der Waals surface area contributed by atoms with Gasteiger partial charge in [0, 0.05) is 24.3 Å². The van der Waals surface area contributed by atoms with Gasteiger partial charge in [-0.3, -0.25) is 20.1 Å². The summed E-state index contributed by atoms with van der Waals surface area (Å²) in [6, 6.07) is 4.21. The summed E-state index contributed by atoms with van der Waals surface area (Å²) in [6.45, 7) is 1.67. The summed E-state index contributed by atoms with van der Waals surface area (Å²) in [7, 11) is 0. The predicted octanol–water partition coefficient (Wildman–Crippen LogP) is -0.630. The van der Waals surface area contributed by atoms with Crippen LogP contribution in [0.3, 0.4) is 0 Å². The third kappa shape index (κ3) is 6.45. The van der Waals surface area contributed by atoms with E-state index in [1.807, 2.05) is 0 Å². The molecule has 1 fully saturated rings. The molecule has 42 heavy (non-hydrogen) atoms. The highest BCUT2D eigenvalue weighted by Gasteiger charge is 2.45. The lowest BCUT2D eigenvalue weighted by molar-refractivity contribution is -0.149. The summed E-state index contributed by atoms with van der Waals surface area (Å²) < 4.78 is 5.73. The first-order valence-electron chi connectivity index (χ1n) is 13.1. The lowest BCUT2D eigenvalue weighted by atomic mass is 9.88. The Morgan fingerprint density at radius 2 is 1.90 bits per heavy atom. The highest BCUT2D eigenvalue weighted by atomic mass is 16.5. The summed E-state index contributed by atoms with van der Waals surface area (Å²) in [5.41, 5.74) is 10.7. The Balaban J connectivity index is 1.37. The lowest BCUT2D eigenvalue weighted by Gasteiger charge is -2.42. The van der Waals surface area contributed by atoms with Gasteiger partial charge in [-0.2, -0.15) is 0 Å². The van der Waals surface area contributed by atoms with E-state index in [4.69, 9.17) is 16.2 Å². The average molecular weight is 585 g/mol. The lowest BCUT2D eigenvalue weighted by Crippen LogP contribution is -2.71. The largest absolute Gasteiger partial charge is 0.480 e. The Morgan fingerprint density at radius 3 is 2.50 bits per heavy atom. The van der Waals surface area contributed by atoms with Crippen LogP contribution < -0.4 is 32.7 Å². The van der Waals surface area contributed by atoms with Crippen molar-refractivity contribution in [3.8, 4) is 0 Å². The molecule has 1 saturated heterocycles. The number of aromatic nitrogens is 2. The van der Waals surface area contributed by atoms with Crippen molar-refractivity contribution in [1.29, 1.82) is 0 Å². The van der Waals surface area contributed by atoms with Crippen molar-refractivity contribution in [3.05, 3.63) is 47.4 Å². The number of anilines is 2. The molecule has 0 bridgehead atoms. The molecule has 1 aromatic carbocycles. The Morgan fingerprint density at radius 1 is 1.19 bits per heavy atom. The molecule has 4 rings (SSSR count). The summed E-state index contributed by atoms with van der Waals surface area (Å²) in [5, 5.41) is 29.8. The number of nitrogens with zero attached hydrogens (tertiary/aromatic N) is 2. The fourth-order valence-corrected chi connectivity index (χ4v) is 4.57. The highest BCUT2D eigenvalue weighted by molar-refractivity contribution is 6.07. The van der Waals surface area contributed by atoms with Crippen LogP contribution in [0, 0.1) is 0 Å². The normalized spacial score (nSPS) is 21.9. The summed E-state index contributed by atoms with van der Waals surface area (Å²) >= 11 is 0. The van der Waals surface area contributed by atoms with Crippen LogP contribution in [0.2, 0.25) is 0 Å². The van der Waals surface area contributed by atoms with E-state index in [0.29, 0.717) is 24.4 Å². The van der Waals surface area contributed by atoms with Gasteiger partial charge in [-0.05, 0) is 50.5 Å². The molecule has 16 nitrogen and oxygen atoms in total. The van der Waals surface area contributed by atoms with Gasteiger partial charge in [-0.15, -0.1) is 0 Å². The molecule has 0 radical (unpaired) electrons. The van der Waals surface area contributed by atoms with E-state index in [0.717, 1.165) is 19.8 Å². The number of nitrogens with one attached hydrogen (secondary N) is 4. The molecule has 2 aliphatic rings. The number of nitrogens with two attached hydrogens (primary N) is 2. The molecule has 224 valence electrons. The number of carbonyl (C=O) groups is 5. The summed E-state index contributed by atoms with van der Waals surface area (Å²) in [4.78, 5) is 69.0. The number of carboxylic acids is 2. The van der Waals surface area contributed by atoms with E-state index >= 15 is 0 Å². The minimum Gasteiger partial charge on any atom is -0.480 e. The third-order valence-corrected chi connectivity index (χ3v) is 7.13. The Hall–Kier alpha value is -4.67. The summed E-state index contributed by atoms with van der Waals surface area (Å²) in [5.74, 6) is -6.54. The number of hydrogen-bond donors (Lipinski definition) is 8. The highest BCUT2D eigenvalue weighted by Crippen LogP contribution is 2.26. The maximum absolute atomic E-state index is 12.8. The Labute approximate surface area is 239 Å². The molecule has 2 aromatic rings. The monoisotopic (exact) mass is 584 g/mol. The SMILES string of the molecule is CC(=O)C(N)(CC(NC(=O)c1ccc(NCc2cnc3c(n2)C(=O)NC(N)(C2CCCCO2)N3)cc1)C(=O)O)C(=O)O. The molecule has 1 aromatic heterocycles. The smallest absolute Gasteiger partial charge is 0.331 e. The van der Waals surface area contributed by atoms with Crippen molar-refractivity contribution >= 4 is 41.0 Å². The van der Waals surface area contributed by atoms with Crippen LogP contribution in [-0.2, 0) is 25.7 Å². The third-order valence-electron chi connectivity index (χ3n) is 7.13. The van der Waals surface area contributed by atoms with Gasteiger partial charge in [0.1, 0.15) is 12.1 Å². The quantitative estimate of drug-likeness (QED) is 0.153. The van der Waals surface area contributed by atoms with E-state index in [2.05, 4.69) is 31.2 Å². The van der Waals surface area contributed by atoms with Crippen molar-refractivity contribution in [2.75, 3.05) is 17.2 Å². The van der Waals surface area contributed by atoms with Crippen LogP contribution in [0.1, 0.15) is 59.1 Å². The van der Waals surface area contributed by atoms with Crippen LogP contribution >= 0.6 is 0 Å². The number of aliphatic carboxylic acids is 2. The number of rotatable bonds is 11. The summed E-state index contributed by atoms with van der Waals surface area (Å²) in [6.07, 6.45) is 2.79. The van der Waals surface area contributed by atoms with Crippen LogP contribution in [0.25, 0.3) is 0 Å². The second-order valence-corrected chi connectivity index (χ2v) is 10.2. The van der Waals surface area contributed by atoms with Gasteiger partial charge in [0.25, 0.3) is 11.8 Å². The number of ketones is 1. The van der Waals surface area contributed by atoms with Gasteiger partial charge >= 0.3 is 11.9 Å². The molecule has 3 heterocycles. The second-order valence-electron chi connectivity index (χ2n) is 10.2. The number of hydrogen-bond acceptors (Lipinski definition) is 12. The number of benzene rings is 1. The van der Waals surface area contributed by atoms with Crippen molar-refractivity contribution in [3.63, 3.8) is 0 Å². The first-order chi connectivity index (χ1) is 19.8. The van der Waals surface area contributed by atoms with Crippen molar-refractivity contribution in [2.45, 2.75) is 62.6 Å². The van der Waals surface area contributed by atoms with E-state index < -0.39 is 59.4 Å². The van der Waals surface area contributed by atoms with Gasteiger partial charge in [0.05, 0.1) is 18.4 Å².